The Morgan fingerprint density at radius 1 is 1.64 bits per heavy atom. The molecule has 1 heterocycles. The van der Waals surface area contributed by atoms with Gasteiger partial charge in [0.2, 0.25) is 0 Å². The van der Waals surface area contributed by atoms with Gasteiger partial charge in [-0.15, -0.1) is 0 Å². The second-order valence-electron chi connectivity index (χ2n) is 3.64. The van der Waals surface area contributed by atoms with Gasteiger partial charge < -0.3 is 15.6 Å². The molecule has 3 nitrogen and oxygen atoms in total. The highest BCUT2D eigenvalue weighted by atomic mass is 16.5. The lowest BCUT2D eigenvalue weighted by Crippen LogP contribution is -2.62. The summed E-state index contributed by atoms with van der Waals surface area (Å²) < 4.78 is 4.98. The third-order valence-corrected chi connectivity index (χ3v) is 3.04. The highest BCUT2D eigenvalue weighted by molar-refractivity contribution is 5.00. The first-order valence-electron chi connectivity index (χ1n) is 4.08. The van der Waals surface area contributed by atoms with E-state index in [4.69, 9.17) is 10.5 Å². The molecule has 0 bridgehead atoms. The Hall–Kier alpha value is -0.120. The monoisotopic (exact) mass is 159 g/mol. The molecule has 1 saturated heterocycles. The Balaban J connectivity index is 2.67. The van der Waals surface area contributed by atoms with Crippen LogP contribution in [0.3, 0.4) is 0 Å². The van der Waals surface area contributed by atoms with Crippen LogP contribution in [0.2, 0.25) is 0 Å². The molecule has 1 aliphatic heterocycles. The predicted molar refractivity (Wildman–Crippen MR) is 43.2 cm³/mol. The summed E-state index contributed by atoms with van der Waals surface area (Å²) in [5, 5.41) is 9.92. The number of ether oxygens (including phenoxy) is 1. The highest BCUT2D eigenvalue weighted by Crippen LogP contribution is 2.38. The Kier molecular flexibility index (Phi) is 2.23. The van der Waals surface area contributed by atoms with Gasteiger partial charge in [0.1, 0.15) is 5.60 Å². The van der Waals surface area contributed by atoms with Crippen LogP contribution in [0.4, 0.5) is 0 Å². The molecule has 0 radical (unpaired) electrons. The molecule has 0 amide bonds. The van der Waals surface area contributed by atoms with Gasteiger partial charge in [-0.25, -0.2) is 0 Å². The van der Waals surface area contributed by atoms with Gasteiger partial charge >= 0.3 is 0 Å². The molecule has 1 rings (SSSR count). The molecule has 11 heavy (non-hydrogen) atoms. The van der Waals surface area contributed by atoms with Gasteiger partial charge in [0.15, 0.2) is 0 Å². The van der Waals surface area contributed by atoms with E-state index in [0.717, 1.165) is 6.42 Å². The number of rotatable bonds is 3. The molecule has 0 aromatic rings. The van der Waals surface area contributed by atoms with Gasteiger partial charge in [0.05, 0.1) is 13.2 Å². The Morgan fingerprint density at radius 2 is 2.18 bits per heavy atom. The standard InChI is InChI=1S/C8H17NO2/c1-3-7(2,4-9)8(10)5-11-6-8/h10H,3-6,9H2,1-2H3. The van der Waals surface area contributed by atoms with Gasteiger partial charge in [0, 0.05) is 12.0 Å². The van der Waals surface area contributed by atoms with Crippen molar-refractivity contribution in [3.05, 3.63) is 0 Å². The topological polar surface area (TPSA) is 55.5 Å². The molecule has 1 atom stereocenters. The lowest BCUT2D eigenvalue weighted by atomic mass is 9.70. The van der Waals surface area contributed by atoms with Gasteiger partial charge in [-0.05, 0) is 6.42 Å². The summed E-state index contributed by atoms with van der Waals surface area (Å²) in [5.41, 5.74) is 4.75. The third-order valence-electron chi connectivity index (χ3n) is 3.04. The fourth-order valence-corrected chi connectivity index (χ4v) is 1.31. The zero-order chi connectivity index (χ0) is 8.54. The molecule has 1 unspecified atom stereocenters. The van der Waals surface area contributed by atoms with Crippen LogP contribution < -0.4 is 5.73 Å². The van der Waals surface area contributed by atoms with E-state index in [-0.39, 0.29) is 5.41 Å². The summed E-state index contributed by atoms with van der Waals surface area (Å²) in [6.45, 7) is 5.45. The van der Waals surface area contributed by atoms with Crippen LogP contribution in [-0.2, 0) is 4.74 Å². The molecule has 0 aromatic heterocycles. The van der Waals surface area contributed by atoms with E-state index in [1.165, 1.54) is 0 Å². The van der Waals surface area contributed by atoms with Crippen LogP contribution in [0.25, 0.3) is 0 Å². The lowest BCUT2D eigenvalue weighted by Gasteiger charge is -2.49. The van der Waals surface area contributed by atoms with Gasteiger partial charge in [-0.2, -0.15) is 0 Å². The number of hydrogen-bond donors (Lipinski definition) is 2. The van der Waals surface area contributed by atoms with Crippen molar-refractivity contribution in [3.8, 4) is 0 Å². The highest BCUT2D eigenvalue weighted by Gasteiger charge is 2.50. The van der Waals surface area contributed by atoms with Crippen molar-refractivity contribution in [3.63, 3.8) is 0 Å². The van der Waals surface area contributed by atoms with Crippen LogP contribution in [0.15, 0.2) is 0 Å². The van der Waals surface area contributed by atoms with E-state index in [0.29, 0.717) is 19.8 Å². The normalized spacial score (nSPS) is 27.3. The van der Waals surface area contributed by atoms with E-state index in [1.807, 2.05) is 13.8 Å². The van der Waals surface area contributed by atoms with Crippen LogP contribution in [0.1, 0.15) is 20.3 Å². The van der Waals surface area contributed by atoms with E-state index >= 15 is 0 Å². The van der Waals surface area contributed by atoms with E-state index in [1.54, 1.807) is 0 Å². The maximum atomic E-state index is 9.92. The van der Waals surface area contributed by atoms with E-state index in [2.05, 4.69) is 0 Å². The second-order valence-corrected chi connectivity index (χ2v) is 3.64. The molecule has 1 fully saturated rings. The van der Waals surface area contributed by atoms with Crippen molar-refractivity contribution in [2.75, 3.05) is 19.8 Å². The van der Waals surface area contributed by atoms with Crippen molar-refractivity contribution in [1.82, 2.24) is 0 Å². The summed E-state index contributed by atoms with van der Waals surface area (Å²) >= 11 is 0. The minimum Gasteiger partial charge on any atom is -0.384 e. The lowest BCUT2D eigenvalue weighted by molar-refractivity contribution is -0.235. The predicted octanol–water partition coefficient (Wildman–Crippen LogP) is 0.123. The number of aliphatic hydroxyl groups is 1. The number of hydrogen-bond acceptors (Lipinski definition) is 3. The van der Waals surface area contributed by atoms with E-state index in [9.17, 15) is 5.11 Å². The van der Waals surface area contributed by atoms with Crippen molar-refractivity contribution in [2.45, 2.75) is 25.9 Å². The molecular formula is C8H17NO2. The average Bonchev–Trinajstić information content (AvgIpc) is 1.98. The first kappa shape index (κ1) is 8.97. The maximum absolute atomic E-state index is 9.92. The minimum absolute atomic E-state index is 0.175. The molecular weight excluding hydrogens is 142 g/mol. The Labute approximate surface area is 67.5 Å². The first-order valence-corrected chi connectivity index (χ1v) is 4.08. The average molecular weight is 159 g/mol. The van der Waals surface area contributed by atoms with Crippen molar-refractivity contribution < 1.29 is 9.84 Å². The third kappa shape index (κ3) is 1.17. The Morgan fingerprint density at radius 3 is 2.27 bits per heavy atom. The van der Waals surface area contributed by atoms with Crippen LogP contribution in [0.5, 0.6) is 0 Å². The molecule has 66 valence electrons. The summed E-state index contributed by atoms with van der Waals surface area (Å²) in [4.78, 5) is 0. The molecule has 0 spiro atoms. The molecule has 3 N–H and O–H groups in total. The molecule has 1 aliphatic rings. The maximum Gasteiger partial charge on any atom is 0.118 e. The van der Waals surface area contributed by atoms with Gasteiger partial charge in [0.25, 0.3) is 0 Å². The summed E-state index contributed by atoms with van der Waals surface area (Å²) in [6.07, 6.45) is 0.892. The fraction of sp³-hybridized carbons (Fsp3) is 1.00. The van der Waals surface area contributed by atoms with Crippen LogP contribution >= 0.6 is 0 Å². The second kappa shape index (κ2) is 2.73. The first-order chi connectivity index (χ1) is 5.08. The largest absolute Gasteiger partial charge is 0.384 e. The minimum atomic E-state index is -0.670. The van der Waals surface area contributed by atoms with Crippen molar-refractivity contribution in [1.29, 1.82) is 0 Å². The smallest absolute Gasteiger partial charge is 0.118 e. The van der Waals surface area contributed by atoms with Gasteiger partial charge in [-0.3, -0.25) is 0 Å². The quantitative estimate of drug-likeness (QED) is 0.615. The summed E-state index contributed by atoms with van der Waals surface area (Å²) in [5.74, 6) is 0. The Bertz CT molecular complexity index is 139. The van der Waals surface area contributed by atoms with Crippen molar-refractivity contribution in [2.24, 2.45) is 11.1 Å². The zero-order valence-corrected chi connectivity index (χ0v) is 7.26. The molecule has 3 heteroatoms. The van der Waals surface area contributed by atoms with Crippen LogP contribution in [0, 0.1) is 5.41 Å². The zero-order valence-electron chi connectivity index (χ0n) is 7.26. The van der Waals surface area contributed by atoms with Crippen molar-refractivity contribution >= 4 is 0 Å². The summed E-state index contributed by atoms with van der Waals surface area (Å²) in [6, 6.07) is 0. The van der Waals surface area contributed by atoms with Gasteiger partial charge in [-0.1, -0.05) is 13.8 Å². The van der Waals surface area contributed by atoms with E-state index < -0.39 is 5.60 Å². The molecule has 0 saturated carbocycles. The number of nitrogens with two attached hydrogens (primary N) is 1. The molecule has 0 aromatic carbocycles. The summed E-state index contributed by atoms with van der Waals surface area (Å²) in [7, 11) is 0. The SMILES string of the molecule is CCC(C)(CN)C1(O)COC1. The molecule has 0 aliphatic carbocycles. The fourth-order valence-electron chi connectivity index (χ4n) is 1.31. The van der Waals surface area contributed by atoms with Crippen LogP contribution in [-0.4, -0.2) is 30.5 Å².